The van der Waals surface area contributed by atoms with Crippen LogP contribution >= 0.6 is 0 Å². The number of nitrogens with zero attached hydrogens (tertiary/aromatic N) is 1. The van der Waals surface area contributed by atoms with E-state index >= 15 is 0 Å². The number of rotatable bonds is 3. The van der Waals surface area contributed by atoms with E-state index in [0.29, 0.717) is 0 Å². The molecule has 1 unspecified atom stereocenters. The third-order valence-electron chi connectivity index (χ3n) is 2.44. The normalized spacial score (nSPS) is 20.8. The molecular weight excluding hydrogens is 154 g/mol. The second-order valence-electron chi connectivity index (χ2n) is 3.19. The summed E-state index contributed by atoms with van der Waals surface area (Å²) in [5.74, 6) is -0.0839. The molecule has 1 heterocycles. The molecule has 70 valence electrons. The molecule has 0 saturated carbocycles. The van der Waals surface area contributed by atoms with Crippen LogP contribution in [-0.2, 0) is 9.53 Å². The highest BCUT2D eigenvalue weighted by atomic mass is 16.5. The minimum absolute atomic E-state index is 0.00231. The van der Waals surface area contributed by atoms with Crippen molar-refractivity contribution in [3.8, 4) is 0 Å². The van der Waals surface area contributed by atoms with E-state index in [0.717, 1.165) is 19.5 Å². The van der Waals surface area contributed by atoms with Crippen LogP contribution in [0.5, 0.6) is 0 Å². The second kappa shape index (κ2) is 4.45. The van der Waals surface area contributed by atoms with Gasteiger partial charge in [-0.25, -0.2) is 0 Å². The summed E-state index contributed by atoms with van der Waals surface area (Å²) in [6, 6.07) is -0.00231. The molecule has 0 aliphatic carbocycles. The van der Waals surface area contributed by atoms with Crippen molar-refractivity contribution in [3.05, 3.63) is 0 Å². The van der Waals surface area contributed by atoms with Gasteiger partial charge in [-0.3, -0.25) is 9.69 Å². The molecule has 1 atom stereocenters. The molecule has 3 nitrogen and oxygen atoms in total. The van der Waals surface area contributed by atoms with E-state index in [4.69, 9.17) is 4.74 Å². The lowest BCUT2D eigenvalue weighted by atomic mass is 10.2. The lowest BCUT2D eigenvalue weighted by molar-refractivity contribution is -0.146. The van der Waals surface area contributed by atoms with Gasteiger partial charge in [0.1, 0.15) is 6.04 Å². The molecule has 0 aromatic carbocycles. The fraction of sp³-hybridized carbons (Fsp3) is 0.889. The Morgan fingerprint density at radius 2 is 2.08 bits per heavy atom. The zero-order valence-corrected chi connectivity index (χ0v) is 7.88. The molecule has 0 amide bonds. The monoisotopic (exact) mass is 171 g/mol. The lowest BCUT2D eigenvalue weighted by Crippen LogP contribution is -2.39. The van der Waals surface area contributed by atoms with Gasteiger partial charge in [0.2, 0.25) is 0 Å². The number of methoxy groups -OCH3 is 1. The number of hydrogen-bond donors (Lipinski definition) is 0. The average Bonchev–Trinajstić information content (AvgIpc) is 2.58. The second-order valence-corrected chi connectivity index (χ2v) is 3.19. The van der Waals surface area contributed by atoms with Crippen LogP contribution in [0.15, 0.2) is 0 Å². The van der Waals surface area contributed by atoms with Gasteiger partial charge < -0.3 is 4.74 Å². The first-order valence-corrected chi connectivity index (χ1v) is 4.61. The molecule has 1 aliphatic heterocycles. The summed E-state index contributed by atoms with van der Waals surface area (Å²) in [6.45, 7) is 4.13. The molecule has 0 N–H and O–H groups in total. The van der Waals surface area contributed by atoms with Crippen LogP contribution in [-0.4, -0.2) is 37.1 Å². The molecule has 1 rings (SSSR count). The fourth-order valence-electron chi connectivity index (χ4n) is 1.76. The van der Waals surface area contributed by atoms with E-state index < -0.39 is 0 Å². The maximum Gasteiger partial charge on any atom is 0.323 e. The summed E-state index contributed by atoms with van der Waals surface area (Å²) in [5, 5.41) is 0. The van der Waals surface area contributed by atoms with Crippen molar-refractivity contribution >= 4 is 5.97 Å². The Kier molecular flexibility index (Phi) is 3.53. The number of ether oxygens (including phenoxy) is 1. The van der Waals surface area contributed by atoms with Gasteiger partial charge in [0.15, 0.2) is 0 Å². The van der Waals surface area contributed by atoms with Crippen LogP contribution in [0.1, 0.15) is 26.2 Å². The van der Waals surface area contributed by atoms with Crippen molar-refractivity contribution < 1.29 is 9.53 Å². The van der Waals surface area contributed by atoms with Gasteiger partial charge in [-0.1, -0.05) is 6.92 Å². The Labute approximate surface area is 73.7 Å². The average molecular weight is 171 g/mol. The van der Waals surface area contributed by atoms with Crippen molar-refractivity contribution in [1.82, 2.24) is 4.90 Å². The molecule has 0 aromatic rings. The van der Waals surface area contributed by atoms with Crippen LogP contribution in [0.4, 0.5) is 0 Å². The molecule has 1 fully saturated rings. The van der Waals surface area contributed by atoms with Gasteiger partial charge in [-0.05, 0) is 32.4 Å². The molecule has 1 saturated heterocycles. The highest BCUT2D eigenvalue weighted by molar-refractivity contribution is 5.75. The molecule has 0 spiro atoms. The smallest absolute Gasteiger partial charge is 0.323 e. The summed E-state index contributed by atoms with van der Waals surface area (Å²) in [7, 11) is 1.46. The zero-order valence-electron chi connectivity index (χ0n) is 7.88. The zero-order chi connectivity index (χ0) is 8.97. The molecule has 0 aromatic heterocycles. The predicted octanol–water partition coefficient (Wildman–Crippen LogP) is 1.03. The van der Waals surface area contributed by atoms with Crippen LogP contribution in [0.3, 0.4) is 0 Å². The van der Waals surface area contributed by atoms with Gasteiger partial charge in [0.05, 0.1) is 7.11 Å². The lowest BCUT2D eigenvalue weighted by Gasteiger charge is -2.23. The van der Waals surface area contributed by atoms with Crippen molar-refractivity contribution in [2.45, 2.75) is 32.2 Å². The summed E-state index contributed by atoms with van der Waals surface area (Å²) in [5.41, 5.74) is 0. The van der Waals surface area contributed by atoms with Crippen LogP contribution in [0.2, 0.25) is 0 Å². The minimum atomic E-state index is -0.0839. The third-order valence-corrected chi connectivity index (χ3v) is 2.44. The first-order valence-electron chi connectivity index (χ1n) is 4.61. The Bertz CT molecular complexity index is 153. The summed E-state index contributed by atoms with van der Waals surface area (Å²) in [6.07, 6.45) is 3.29. The van der Waals surface area contributed by atoms with Crippen molar-refractivity contribution in [1.29, 1.82) is 0 Å². The van der Waals surface area contributed by atoms with E-state index in [1.54, 1.807) is 0 Å². The number of likely N-dealkylation sites (tertiary alicyclic amines) is 1. The molecule has 0 bridgehead atoms. The van der Waals surface area contributed by atoms with Gasteiger partial charge in [-0.2, -0.15) is 0 Å². The SMILES string of the molecule is CCC(C(=O)OC)N1CCCC1. The summed E-state index contributed by atoms with van der Waals surface area (Å²) < 4.78 is 4.74. The topological polar surface area (TPSA) is 29.5 Å². The maximum absolute atomic E-state index is 11.3. The molecular formula is C9H17NO2. The number of carbonyl (C=O) groups excluding carboxylic acids is 1. The van der Waals surface area contributed by atoms with Crippen molar-refractivity contribution in [3.63, 3.8) is 0 Å². The van der Waals surface area contributed by atoms with Crippen LogP contribution in [0.25, 0.3) is 0 Å². The first-order chi connectivity index (χ1) is 5.79. The molecule has 12 heavy (non-hydrogen) atoms. The Morgan fingerprint density at radius 3 is 2.50 bits per heavy atom. The van der Waals surface area contributed by atoms with Gasteiger partial charge in [-0.15, -0.1) is 0 Å². The summed E-state index contributed by atoms with van der Waals surface area (Å²) >= 11 is 0. The van der Waals surface area contributed by atoms with E-state index in [-0.39, 0.29) is 12.0 Å². The fourth-order valence-corrected chi connectivity index (χ4v) is 1.76. The number of esters is 1. The standard InChI is InChI=1S/C9H17NO2/c1-3-8(9(11)12-2)10-6-4-5-7-10/h8H,3-7H2,1-2H3. The van der Waals surface area contributed by atoms with E-state index in [1.165, 1.54) is 20.0 Å². The number of carbonyl (C=O) groups is 1. The van der Waals surface area contributed by atoms with E-state index in [1.807, 2.05) is 6.92 Å². The molecule has 1 aliphatic rings. The van der Waals surface area contributed by atoms with Gasteiger partial charge >= 0.3 is 5.97 Å². The largest absolute Gasteiger partial charge is 0.468 e. The quantitative estimate of drug-likeness (QED) is 0.594. The Morgan fingerprint density at radius 1 is 1.50 bits per heavy atom. The minimum Gasteiger partial charge on any atom is -0.468 e. The van der Waals surface area contributed by atoms with Crippen molar-refractivity contribution in [2.75, 3.05) is 20.2 Å². The van der Waals surface area contributed by atoms with E-state index in [9.17, 15) is 4.79 Å². The highest BCUT2D eigenvalue weighted by Gasteiger charge is 2.26. The van der Waals surface area contributed by atoms with Gasteiger partial charge in [0.25, 0.3) is 0 Å². The summed E-state index contributed by atoms with van der Waals surface area (Å²) in [4.78, 5) is 13.5. The Hall–Kier alpha value is -0.570. The van der Waals surface area contributed by atoms with E-state index in [2.05, 4.69) is 4.90 Å². The first kappa shape index (κ1) is 9.52. The molecule has 3 heteroatoms. The van der Waals surface area contributed by atoms with Crippen molar-refractivity contribution in [2.24, 2.45) is 0 Å². The number of hydrogen-bond acceptors (Lipinski definition) is 3. The Balaban J connectivity index is 2.48. The third kappa shape index (κ3) is 1.97. The van der Waals surface area contributed by atoms with Crippen LogP contribution < -0.4 is 0 Å². The predicted molar refractivity (Wildman–Crippen MR) is 46.9 cm³/mol. The highest BCUT2D eigenvalue weighted by Crippen LogP contribution is 2.14. The van der Waals surface area contributed by atoms with Crippen LogP contribution in [0, 0.1) is 0 Å². The maximum atomic E-state index is 11.3. The van der Waals surface area contributed by atoms with Gasteiger partial charge in [0, 0.05) is 0 Å². The molecule has 0 radical (unpaired) electrons.